The van der Waals surface area contributed by atoms with Gasteiger partial charge in [-0.1, -0.05) is 35.9 Å². The lowest BCUT2D eigenvalue weighted by Crippen LogP contribution is -1.97. The van der Waals surface area contributed by atoms with Gasteiger partial charge in [-0.3, -0.25) is 0 Å². The number of halogens is 2. The molecule has 3 heteroatoms. The topological polar surface area (TPSA) is 26.0 Å². The lowest BCUT2D eigenvalue weighted by molar-refractivity contribution is 0.629. The van der Waals surface area contributed by atoms with Crippen LogP contribution in [0.3, 0.4) is 0 Å². The Labute approximate surface area is 105 Å². The lowest BCUT2D eigenvalue weighted by atomic mass is 10.0. The summed E-state index contributed by atoms with van der Waals surface area (Å²) in [6, 6.07) is 10.5. The molecule has 0 atom stereocenters. The van der Waals surface area contributed by atoms with Gasteiger partial charge in [0.05, 0.1) is 0 Å². The molecular weight excluding hydrogens is 237 g/mol. The summed E-state index contributed by atoms with van der Waals surface area (Å²) in [6.45, 7) is 2.26. The molecule has 0 saturated heterocycles. The standard InChI is InChI=1S/C14H13ClFN/c1-9-2-4-11(7-13(9)15)12-5-3-10(8-17)6-14(12)16/h2-7H,8,17H2,1H3. The maximum atomic E-state index is 13.9. The van der Waals surface area contributed by atoms with Gasteiger partial charge in [0.2, 0.25) is 0 Å². The molecule has 17 heavy (non-hydrogen) atoms. The Bertz CT molecular complexity index is 552. The largest absolute Gasteiger partial charge is 0.326 e. The highest BCUT2D eigenvalue weighted by Crippen LogP contribution is 2.27. The van der Waals surface area contributed by atoms with Crippen LogP contribution in [0.15, 0.2) is 36.4 Å². The second-order valence-electron chi connectivity index (χ2n) is 3.98. The van der Waals surface area contributed by atoms with E-state index in [2.05, 4.69) is 0 Å². The zero-order valence-corrected chi connectivity index (χ0v) is 10.3. The van der Waals surface area contributed by atoms with Gasteiger partial charge in [-0.15, -0.1) is 0 Å². The second-order valence-corrected chi connectivity index (χ2v) is 4.39. The Morgan fingerprint density at radius 3 is 2.53 bits per heavy atom. The Morgan fingerprint density at radius 2 is 1.94 bits per heavy atom. The van der Waals surface area contributed by atoms with Gasteiger partial charge < -0.3 is 5.73 Å². The Hall–Kier alpha value is -1.38. The minimum atomic E-state index is -0.270. The molecule has 2 aromatic carbocycles. The molecule has 2 aromatic rings. The Kier molecular flexibility index (Phi) is 3.46. The van der Waals surface area contributed by atoms with Crippen molar-refractivity contribution in [1.29, 1.82) is 0 Å². The van der Waals surface area contributed by atoms with Crippen LogP contribution in [0.4, 0.5) is 4.39 Å². The Balaban J connectivity index is 2.49. The molecule has 0 heterocycles. The van der Waals surface area contributed by atoms with E-state index in [1.54, 1.807) is 12.1 Å². The summed E-state index contributed by atoms with van der Waals surface area (Å²) in [5.74, 6) is -0.270. The third kappa shape index (κ3) is 2.48. The van der Waals surface area contributed by atoms with Crippen molar-refractivity contribution in [3.8, 4) is 11.1 Å². The van der Waals surface area contributed by atoms with Gasteiger partial charge in [-0.25, -0.2) is 4.39 Å². The predicted molar refractivity (Wildman–Crippen MR) is 69.5 cm³/mol. The normalized spacial score (nSPS) is 10.6. The molecule has 0 amide bonds. The van der Waals surface area contributed by atoms with Gasteiger partial charge in [0.15, 0.2) is 0 Å². The minimum absolute atomic E-state index is 0.270. The zero-order chi connectivity index (χ0) is 12.4. The van der Waals surface area contributed by atoms with Crippen LogP contribution in [0.1, 0.15) is 11.1 Å². The predicted octanol–water partition coefficient (Wildman–Crippen LogP) is 3.91. The van der Waals surface area contributed by atoms with E-state index in [1.807, 2.05) is 25.1 Å². The molecule has 0 spiro atoms. The van der Waals surface area contributed by atoms with Crippen molar-refractivity contribution >= 4 is 11.6 Å². The summed E-state index contributed by atoms with van der Waals surface area (Å²) in [6.07, 6.45) is 0. The summed E-state index contributed by atoms with van der Waals surface area (Å²) < 4.78 is 13.9. The van der Waals surface area contributed by atoms with Crippen molar-refractivity contribution < 1.29 is 4.39 Å². The van der Waals surface area contributed by atoms with Crippen LogP contribution < -0.4 is 5.73 Å². The van der Waals surface area contributed by atoms with E-state index in [1.165, 1.54) is 6.07 Å². The molecule has 88 valence electrons. The number of hydrogen-bond acceptors (Lipinski definition) is 1. The first-order valence-electron chi connectivity index (χ1n) is 5.37. The van der Waals surface area contributed by atoms with Gasteiger partial charge in [0.25, 0.3) is 0 Å². The fourth-order valence-electron chi connectivity index (χ4n) is 1.68. The van der Waals surface area contributed by atoms with Crippen LogP contribution in [-0.2, 0) is 6.54 Å². The van der Waals surface area contributed by atoms with E-state index in [4.69, 9.17) is 17.3 Å². The van der Waals surface area contributed by atoms with Gasteiger partial charge >= 0.3 is 0 Å². The van der Waals surface area contributed by atoms with Gasteiger partial charge in [-0.05, 0) is 35.7 Å². The summed E-state index contributed by atoms with van der Waals surface area (Å²) in [5.41, 5.74) is 8.55. The first-order chi connectivity index (χ1) is 8.11. The number of aryl methyl sites for hydroxylation is 1. The van der Waals surface area contributed by atoms with Crippen molar-refractivity contribution in [1.82, 2.24) is 0 Å². The molecule has 0 fully saturated rings. The van der Waals surface area contributed by atoms with E-state index in [0.29, 0.717) is 17.1 Å². The molecule has 0 bridgehead atoms. The molecule has 0 radical (unpaired) electrons. The third-order valence-electron chi connectivity index (χ3n) is 2.75. The molecule has 0 aliphatic rings. The van der Waals surface area contributed by atoms with Crippen molar-refractivity contribution in [2.24, 2.45) is 5.73 Å². The molecular formula is C14H13ClFN. The Morgan fingerprint density at radius 1 is 1.18 bits per heavy atom. The maximum Gasteiger partial charge on any atom is 0.131 e. The van der Waals surface area contributed by atoms with Crippen LogP contribution in [0, 0.1) is 12.7 Å². The van der Waals surface area contributed by atoms with Crippen molar-refractivity contribution in [3.05, 3.63) is 58.4 Å². The van der Waals surface area contributed by atoms with Crippen molar-refractivity contribution in [3.63, 3.8) is 0 Å². The fourth-order valence-corrected chi connectivity index (χ4v) is 1.86. The van der Waals surface area contributed by atoms with E-state index in [9.17, 15) is 4.39 Å². The number of hydrogen-bond donors (Lipinski definition) is 1. The molecule has 1 nitrogen and oxygen atoms in total. The van der Waals surface area contributed by atoms with Gasteiger partial charge in [-0.2, -0.15) is 0 Å². The van der Waals surface area contributed by atoms with Crippen LogP contribution in [0.5, 0.6) is 0 Å². The SMILES string of the molecule is Cc1ccc(-c2ccc(CN)cc2F)cc1Cl. The smallest absolute Gasteiger partial charge is 0.131 e. The highest BCUT2D eigenvalue weighted by Gasteiger charge is 2.07. The highest BCUT2D eigenvalue weighted by molar-refractivity contribution is 6.31. The van der Waals surface area contributed by atoms with Crippen LogP contribution in [0.25, 0.3) is 11.1 Å². The zero-order valence-electron chi connectivity index (χ0n) is 9.50. The van der Waals surface area contributed by atoms with Crippen LogP contribution >= 0.6 is 11.6 Å². The number of benzene rings is 2. The van der Waals surface area contributed by atoms with Crippen LogP contribution in [-0.4, -0.2) is 0 Å². The minimum Gasteiger partial charge on any atom is -0.326 e. The van der Waals surface area contributed by atoms with Gasteiger partial charge in [0.1, 0.15) is 5.82 Å². The second kappa shape index (κ2) is 4.86. The first-order valence-corrected chi connectivity index (χ1v) is 5.74. The number of nitrogens with two attached hydrogens (primary N) is 1. The van der Waals surface area contributed by atoms with Crippen molar-refractivity contribution in [2.45, 2.75) is 13.5 Å². The van der Waals surface area contributed by atoms with E-state index in [0.717, 1.165) is 16.7 Å². The first kappa shape index (κ1) is 12.1. The molecule has 2 rings (SSSR count). The lowest BCUT2D eigenvalue weighted by Gasteiger charge is -2.07. The monoisotopic (exact) mass is 249 g/mol. The molecule has 0 aliphatic heterocycles. The molecule has 2 N–H and O–H groups in total. The summed E-state index contributed by atoms with van der Waals surface area (Å²) in [5, 5.41) is 0.643. The van der Waals surface area contributed by atoms with Crippen LogP contribution in [0.2, 0.25) is 5.02 Å². The van der Waals surface area contributed by atoms with E-state index >= 15 is 0 Å². The molecule has 0 aromatic heterocycles. The van der Waals surface area contributed by atoms with Gasteiger partial charge in [0, 0.05) is 17.1 Å². The summed E-state index contributed by atoms with van der Waals surface area (Å²) >= 11 is 6.03. The quantitative estimate of drug-likeness (QED) is 0.858. The fraction of sp³-hybridized carbons (Fsp3) is 0.143. The average molecular weight is 250 g/mol. The summed E-state index contributed by atoms with van der Waals surface area (Å²) in [7, 11) is 0. The number of rotatable bonds is 2. The van der Waals surface area contributed by atoms with Crippen molar-refractivity contribution in [2.75, 3.05) is 0 Å². The highest BCUT2D eigenvalue weighted by atomic mass is 35.5. The molecule has 0 aliphatic carbocycles. The molecule has 0 unspecified atom stereocenters. The average Bonchev–Trinajstić information content (AvgIpc) is 2.32. The summed E-state index contributed by atoms with van der Waals surface area (Å²) in [4.78, 5) is 0. The van der Waals surface area contributed by atoms with E-state index < -0.39 is 0 Å². The third-order valence-corrected chi connectivity index (χ3v) is 3.16. The van der Waals surface area contributed by atoms with E-state index in [-0.39, 0.29) is 5.82 Å². The molecule has 0 saturated carbocycles. The maximum absolute atomic E-state index is 13.9.